The van der Waals surface area contributed by atoms with Gasteiger partial charge in [0, 0.05) is 43.4 Å². The van der Waals surface area contributed by atoms with E-state index in [9.17, 15) is 17.2 Å². The SMILES string of the molecule is O=S(=O)(c1ccccc1)c1cnc2ccc(F)cc2c1N1CCN(c2ccc(F)cc2)CC1. The summed E-state index contributed by atoms with van der Waals surface area (Å²) in [5.41, 5.74) is 1.89. The van der Waals surface area contributed by atoms with Crippen molar-refractivity contribution in [2.24, 2.45) is 0 Å². The molecule has 0 radical (unpaired) electrons. The molecule has 1 aromatic heterocycles. The molecule has 4 aromatic rings. The van der Waals surface area contributed by atoms with Crippen molar-refractivity contribution in [2.45, 2.75) is 9.79 Å². The lowest BCUT2D eigenvalue weighted by molar-refractivity contribution is 0.593. The van der Waals surface area contributed by atoms with E-state index in [0.717, 1.165) is 5.69 Å². The Kier molecular flexibility index (Phi) is 5.46. The summed E-state index contributed by atoms with van der Waals surface area (Å²) in [6.07, 6.45) is 1.37. The lowest BCUT2D eigenvalue weighted by Gasteiger charge is -2.38. The van der Waals surface area contributed by atoms with Gasteiger partial charge in [0.2, 0.25) is 9.84 Å². The van der Waals surface area contributed by atoms with E-state index in [0.29, 0.717) is 42.8 Å². The quantitative estimate of drug-likeness (QED) is 0.438. The van der Waals surface area contributed by atoms with Crippen LogP contribution in [0.2, 0.25) is 0 Å². The number of benzene rings is 3. The number of anilines is 2. The fourth-order valence-corrected chi connectivity index (χ4v) is 5.68. The summed E-state index contributed by atoms with van der Waals surface area (Å²) < 4.78 is 54.6. The monoisotopic (exact) mass is 465 g/mol. The van der Waals surface area contributed by atoms with Crippen molar-refractivity contribution in [3.63, 3.8) is 0 Å². The topological polar surface area (TPSA) is 53.5 Å². The van der Waals surface area contributed by atoms with Crippen LogP contribution in [-0.4, -0.2) is 39.6 Å². The van der Waals surface area contributed by atoms with Gasteiger partial charge in [0.25, 0.3) is 0 Å². The molecule has 0 spiro atoms. The second-order valence-electron chi connectivity index (χ2n) is 7.90. The van der Waals surface area contributed by atoms with Crippen LogP contribution in [0.3, 0.4) is 0 Å². The van der Waals surface area contributed by atoms with Crippen LogP contribution < -0.4 is 9.80 Å². The Bertz CT molecular complexity index is 1400. The van der Waals surface area contributed by atoms with Crippen LogP contribution in [0.1, 0.15) is 0 Å². The first-order chi connectivity index (χ1) is 15.9. The van der Waals surface area contributed by atoms with Crippen LogP contribution in [0.15, 0.2) is 88.8 Å². The number of piperazine rings is 1. The third kappa shape index (κ3) is 4.02. The minimum absolute atomic E-state index is 0.0574. The second-order valence-corrected chi connectivity index (χ2v) is 9.82. The summed E-state index contributed by atoms with van der Waals surface area (Å²) in [4.78, 5) is 8.63. The summed E-state index contributed by atoms with van der Waals surface area (Å²) in [7, 11) is -3.88. The molecule has 5 rings (SSSR count). The van der Waals surface area contributed by atoms with Gasteiger partial charge >= 0.3 is 0 Å². The molecule has 1 aliphatic rings. The molecular formula is C25H21F2N3O2S. The van der Waals surface area contributed by atoms with E-state index < -0.39 is 15.7 Å². The molecule has 0 N–H and O–H groups in total. The van der Waals surface area contributed by atoms with Crippen LogP contribution >= 0.6 is 0 Å². The Morgan fingerprint density at radius 3 is 2.09 bits per heavy atom. The molecule has 5 nitrogen and oxygen atoms in total. The molecule has 1 aliphatic heterocycles. The number of hydrogen-bond acceptors (Lipinski definition) is 5. The summed E-state index contributed by atoms with van der Waals surface area (Å²) in [5.74, 6) is -0.747. The highest BCUT2D eigenvalue weighted by atomic mass is 32.2. The predicted octanol–water partition coefficient (Wildman–Crippen LogP) is 4.67. The maximum Gasteiger partial charge on any atom is 0.210 e. The van der Waals surface area contributed by atoms with E-state index in [-0.39, 0.29) is 15.6 Å². The van der Waals surface area contributed by atoms with Crippen LogP contribution in [0.5, 0.6) is 0 Å². The molecule has 0 aliphatic carbocycles. The molecule has 1 saturated heterocycles. The number of hydrogen-bond donors (Lipinski definition) is 0. The van der Waals surface area contributed by atoms with Crippen molar-refractivity contribution in [3.05, 3.63) is 90.6 Å². The normalized spacial score (nSPS) is 14.6. The number of pyridine rings is 1. The smallest absolute Gasteiger partial charge is 0.210 e. The maximum absolute atomic E-state index is 14.2. The van der Waals surface area contributed by atoms with Crippen molar-refractivity contribution in [3.8, 4) is 0 Å². The van der Waals surface area contributed by atoms with Crippen LogP contribution in [-0.2, 0) is 9.84 Å². The number of aromatic nitrogens is 1. The molecule has 8 heteroatoms. The molecule has 0 saturated carbocycles. The zero-order valence-corrected chi connectivity index (χ0v) is 18.5. The molecule has 2 heterocycles. The molecular weight excluding hydrogens is 444 g/mol. The van der Waals surface area contributed by atoms with Gasteiger partial charge in [-0.1, -0.05) is 18.2 Å². The Hall–Kier alpha value is -3.52. The summed E-state index contributed by atoms with van der Waals surface area (Å²) in [5, 5.41) is 0.460. The highest BCUT2D eigenvalue weighted by molar-refractivity contribution is 7.91. The third-order valence-electron chi connectivity index (χ3n) is 5.90. The van der Waals surface area contributed by atoms with Crippen LogP contribution in [0, 0.1) is 11.6 Å². The van der Waals surface area contributed by atoms with E-state index in [1.54, 1.807) is 48.5 Å². The Morgan fingerprint density at radius 2 is 1.39 bits per heavy atom. The Labute approximate surface area is 190 Å². The van der Waals surface area contributed by atoms with E-state index >= 15 is 0 Å². The number of rotatable bonds is 4. The summed E-state index contributed by atoms with van der Waals surface area (Å²) in [6, 6.07) is 18.7. The predicted molar refractivity (Wildman–Crippen MR) is 124 cm³/mol. The highest BCUT2D eigenvalue weighted by Crippen LogP contribution is 2.37. The number of nitrogens with zero attached hydrogens (tertiary/aromatic N) is 3. The molecule has 0 amide bonds. The summed E-state index contributed by atoms with van der Waals surface area (Å²) in [6.45, 7) is 2.25. The Morgan fingerprint density at radius 1 is 0.758 bits per heavy atom. The lowest BCUT2D eigenvalue weighted by Crippen LogP contribution is -2.47. The van der Waals surface area contributed by atoms with Gasteiger partial charge in [0.1, 0.15) is 16.5 Å². The fourth-order valence-electron chi connectivity index (χ4n) is 4.22. The van der Waals surface area contributed by atoms with Gasteiger partial charge < -0.3 is 9.80 Å². The standard InChI is InChI=1S/C25H21F2N3O2S/c26-18-6-9-20(10-7-18)29-12-14-30(15-13-29)25-22-16-19(27)8-11-23(22)28-17-24(25)33(31,32)21-4-2-1-3-5-21/h1-11,16-17H,12-15H2. The molecule has 33 heavy (non-hydrogen) atoms. The third-order valence-corrected chi connectivity index (χ3v) is 7.67. The van der Waals surface area contributed by atoms with Gasteiger partial charge in [-0.3, -0.25) is 4.98 Å². The summed E-state index contributed by atoms with van der Waals surface area (Å²) >= 11 is 0. The van der Waals surface area contributed by atoms with Crippen molar-refractivity contribution < 1.29 is 17.2 Å². The fraction of sp³-hybridized carbons (Fsp3) is 0.160. The van der Waals surface area contributed by atoms with Gasteiger partial charge in [-0.15, -0.1) is 0 Å². The van der Waals surface area contributed by atoms with Gasteiger partial charge in [-0.05, 0) is 54.6 Å². The number of sulfone groups is 1. The minimum Gasteiger partial charge on any atom is -0.368 e. The molecule has 1 fully saturated rings. The first kappa shape index (κ1) is 21.3. The average molecular weight is 466 g/mol. The second kappa shape index (κ2) is 8.44. The van der Waals surface area contributed by atoms with E-state index in [4.69, 9.17) is 0 Å². The first-order valence-electron chi connectivity index (χ1n) is 10.6. The molecule has 3 aromatic carbocycles. The Balaban J connectivity index is 1.57. The van der Waals surface area contributed by atoms with Crippen molar-refractivity contribution >= 4 is 32.1 Å². The van der Waals surface area contributed by atoms with E-state index in [2.05, 4.69) is 9.88 Å². The number of fused-ring (bicyclic) bond motifs is 1. The minimum atomic E-state index is -3.88. The van der Waals surface area contributed by atoms with E-state index in [1.165, 1.54) is 30.5 Å². The molecule has 0 unspecified atom stereocenters. The lowest BCUT2D eigenvalue weighted by atomic mass is 10.1. The first-order valence-corrected chi connectivity index (χ1v) is 12.1. The largest absolute Gasteiger partial charge is 0.368 e. The highest BCUT2D eigenvalue weighted by Gasteiger charge is 2.29. The van der Waals surface area contributed by atoms with Crippen LogP contribution in [0.25, 0.3) is 10.9 Å². The van der Waals surface area contributed by atoms with Gasteiger partial charge in [-0.25, -0.2) is 17.2 Å². The average Bonchev–Trinajstić information content (AvgIpc) is 2.84. The van der Waals surface area contributed by atoms with Crippen LogP contribution in [0.4, 0.5) is 20.2 Å². The van der Waals surface area contributed by atoms with Gasteiger partial charge in [0.05, 0.1) is 16.1 Å². The zero-order valence-electron chi connectivity index (χ0n) is 17.7. The van der Waals surface area contributed by atoms with Gasteiger partial charge in [-0.2, -0.15) is 0 Å². The number of halogens is 2. The van der Waals surface area contributed by atoms with Crippen molar-refractivity contribution in [1.29, 1.82) is 0 Å². The van der Waals surface area contributed by atoms with Crippen molar-refractivity contribution in [2.75, 3.05) is 36.0 Å². The van der Waals surface area contributed by atoms with E-state index in [1.807, 2.05) is 4.90 Å². The zero-order chi connectivity index (χ0) is 23.0. The molecule has 0 atom stereocenters. The van der Waals surface area contributed by atoms with Gasteiger partial charge in [0.15, 0.2) is 0 Å². The molecule has 168 valence electrons. The maximum atomic E-state index is 14.2. The van der Waals surface area contributed by atoms with Crippen molar-refractivity contribution in [1.82, 2.24) is 4.98 Å². The molecule has 0 bridgehead atoms.